The lowest BCUT2D eigenvalue weighted by atomic mass is 10.1. The van der Waals surface area contributed by atoms with Crippen molar-refractivity contribution < 1.29 is 17.7 Å². The second kappa shape index (κ2) is 4.11. The summed E-state index contributed by atoms with van der Waals surface area (Å²) in [7, 11) is -3.15. The van der Waals surface area contributed by atoms with Crippen molar-refractivity contribution in [2.75, 3.05) is 19.5 Å². The fourth-order valence-corrected chi connectivity index (χ4v) is 2.12. The lowest BCUT2D eigenvalue weighted by Gasteiger charge is -2.05. The second-order valence-electron chi connectivity index (χ2n) is 3.93. The molecule has 2 heterocycles. The van der Waals surface area contributed by atoms with Crippen LogP contribution < -0.4 is 5.73 Å². The third-order valence-electron chi connectivity index (χ3n) is 2.32. The maximum atomic E-state index is 11.0. The quantitative estimate of drug-likeness (QED) is 0.733. The smallest absolute Gasteiger partial charge is 0.233 e. The zero-order valence-corrected chi connectivity index (χ0v) is 9.61. The van der Waals surface area contributed by atoms with Crippen LogP contribution in [0.3, 0.4) is 0 Å². The van der Waals surface area contributed by atoms with Gasteiger partial charge in [-0.15, -0.1) is 0 Å². The van der Waals surface area contributed by atoms with Crippen LogP contribution in [0, 0.1) is 0 Å². The number of hydrogen-bond acceptors (Lipinski definition) is 7. The summed E-state index contributed by atoms with van der Waals surface area (Å²) < 4.78 is 32.2. The molecular formula is C8H13N3O4S. The molecule has 0 amide bonds. The van der Waals surface area contributed by atoms with Crippen LogP contribution >= 0.6 is 0 Å². The highest BCUT2D eigenvalue weighted by Crippen LogP contribution is 2.22. The highest BCUT2D eigenvalue weighted by molar-refractivity contribution is 7.89. The van der Waals surface area contributed by atoms with E-state index in [2.05, 4.69) is 10.1 Å². The van der Waals surface area contributed by atoms with Crippen molar-refractivity contribution in [1.82, 2.24) is 10.1 Å². The van der Waals surface area contributed by atoms with Gasteiger partial charge in [-0.1, -0.05) is 5.16 Å². The van der Waals surface area contributed by atoms with Gasteiger partial charge >= 0.3 is 0 Å². The summed E-state index contributed by atoms with van der Waals surface area (Å²) >= 11 is 0. The van der Waals surface area contributed by atoms with E-state index in [0.717, 1.165) is 6.26 Å². The molecule has 0 radical (unpaired) electrons. The fourth-order valence-electron chi connectivity index (χ4n) is 1.54. The highest BCUT2D eigenvalue weighted by Gasteiger charge is 2.31. The van der Waals surface area contributed by atoms with Crippen LogP contribution in [-0.2, 0) is 20.3 Å². The molecular weight excluding hydrogens is 234 g/mol. The molecule has 0 aromatic carbocycles. The van der Waals surface area contributed by atoms with E-state index in [1.165, 1.54) is 0 Å². The van der Waals surface area contributed by atoms with Crippen LogP contribution in [0.1, 0.15) is 17.6 Å². The number of aromatic nitrogens is 2. The first-order chi connectivity index (χ1) is 7.46. The summed E-state index contributed by atoms with van der Waals surface area (Å²) in [6.07, 6.45) is 1.12. The summed E-state index contributed by atoms with van der Waals surface area (Å²) in [4.78, 5) is 4.01. The number of ether oxygens (including phenoxy) is 1. The van der Waals surface area contributed by atoms with Crippen LogP contribution in [0.15, 0.2) is 4.52 Å². The topological polar surface area (TPSA) is 108 Å². The lowest BCUT2D eigenvalue weighted by Crippen LogP contribution is -2.27. The van der Waals surface area contributed by atoms with E-state index in [4.69, 9.17) is 15.0 Å². The molecule has 1 aromatic heterocycles. The number of nitrogens with two attached hydrogens (primary N) is 1. The molecule has 2 rings (SSSR count). The van der Waals surface area contributed by atoms with E-state index >= 15 is 0 Å². The molecule has 0 bridgehead atoms. The van der Waals surface area contributed by atoms with Gasteiger partial charge < -0.3 is 15.0 Å². The predicted octanol–water partition coefficient (Wildman–Crippen LogP) is -0.945. The Morgan fingerprint density at radius 2 is 2.25 bits per heavy atom. The maximum absolute atomic E-state index is 11.0. The summed E-state index contributed by atoms with van der Waals surface area (Å²) in [5.41, 5.74) is 5.78. The van der Waals surface area contributed by atoms with E-state index < -0.39 is 9.84 Å². The Labute approximate surface area is 92.9 Å². The minimum Gasteiger partial charge on any atom is -0.379 e. The SMILES string of the molecule is CS(=O)(=O)Cc1noc(C2COCC2N)n1. The van der Waals surface area contributed by atoms with E-state index in [9.17, 15) is 8.42 Å². The van der Waals surface area contributed by atoms with Crippen molar-refractivity contribution in [3.05, 3.63) is 11.7 Å². The lowest BCUT2D eigenvalue weighted by molar-refractivity contribution is 0.187. The molecule has 1 aliphatic rings. The van der Waals surface area contributed by atoms with Crippen molar-refractivity contribution in [1.29, 1.82) is 0 Å². The average Bonchev–Trinajstić information content (AvgIpc) is 2.71. The average molecular weight is 247 g/mol. The molecule has 0 saturated carbocycles. The summed E-state index contributed by atoms with van der Waals surface area (Å²) in [6, 6.07) is -0.175. The van der Waals surface area contributed by atoms with E-state index in [0.29, 0.717) is 19.1 Å². The Balaban J connectivity index is 2.13. The molecule has 1 fully saturated rings. The molecule has 90 valence electrons. The van der Waals surface area contributed by atoms with Crippen LogP contribution in [0.25, 0.3) is 0 Å². The Hall–Kier alpha value is -0.990. The number of sulfone groups is 1. The Morgan fingerprint density at radius 3 is 2.81 bits per heavy atom. The number of nitrogens with zero attached hydrogens (tertiary/aromatic N) is 2. The van der Waals surface area contributed by atoms with Crippen molar-refractivity contribution in [2.24, 2.45) is 5.73 Å². The monoisotopic (exact) mass is 247 g/mol. The van der Waals surface area contributed by atoms with Gasteiger partial charge in [0, 0.05) is 12.3 Å². The summed E-state index contributed by atoms with van der Waals surface area (Å²) in [6.45, 7) is 0.885. The van der Waals surface area contributed by atoms with Gasteiger partial charge in [-0.3, -0.25) is 0 Å². The standard InChI is InChI=1S/C8H13N3O4S/c1-16(12,13)4-7-10-8(15-11-7)5-2-14-3-6(5)9/h5-6H,2-4,9H2,1H3. The molecule has 0 spiro atoms. The molecule has 2 atom stereocenters. The van der Waals surface area contributed by atoms with Gasteiger partial charge in [-0.25, -0.2) is 8.42 Å². The van der Waals surface area contributed by atoms with Gasteiger partial charge in [0.1, 0.15) is 5.75 Å². The van der Waals surface area contributed by atoms with Crippen LogP contribution in [0.4, 0.5) is 0 Å². The molecule has 1 saturated heterocycles. The number of hydrogen-bond donors (Lipinski definition) is 1. The van der Waals surface area contributed by atoms with Crippen LogP contribution in [-0.4, -0.2) is 44.1 Å². The van der Waals surface area contributed by atoms with Crippen molar-refractivity contribution in [3.63, 3.8) is 0 Å². The van der Waals surface area contributed by atoms with Crippen molar-refractivity contribution in [3.8, 4) is 0 Å². The van der Waals surface area contributed by atoms with E-state index in [1.807, 2.05) is 0 Å². The fraction of sp³-hybridized carbons (Fsp3) is 0.750. The van der Waals surface area contributed by atoms with Gasteiger partial charge in [0.25, 0.3) is 0 Å². The zero-order chi connectivity index (χ0) is 11.8. The van der Waals surface area contributed by atoms with Crippen LogP contribution in [0.2, 0.25) is 0 Å². The molecule has 16 heavy (non-hydrogen) atoms. The molecule has 1 aliphatic heterocycles. The molecule has 1 aromatic rings. The van der Waals surface area contributed by atoms with Crippen molar-refractivity contribution >= 4 is 9.84 Å². The van der Waals surface area contributed by atoms with E-state index in [1.54, 1.807) is 0 Å². The first-order valence-electron chi connectivity index (χ1n) is 4.79. The van der Waals surface area contributed by atoms with Crippen molar-refractivity contribution in [2.45, 2.75) is 17.7 Å². The maximum Gasteiger partial charge on any atom is 0.233 e. The predicted molar refractivity (Wildman–Crippen MR) is 54.4 cm³/mol. The Bertz CT molecular complexity index is 469. The van der Waals surface area contributed by atoms with Gasteiger partial charge in [0.15, 0.2) is 15.7 Å². The van der Waals surface area contributed by atoms with Gasteiger partial charge in [0.2, 0.25) is 5.89 Å². The van der Waals surface area contributed by atoms with Gasteiger partial charge in [0.05, 0.1) is 19.1 Å². The minimum absolute atomic E-state index is 0.138. The van der Waals surface area contributed by atoms with Gasteiger partial charge in [-0.05, 0) is 0 Å². The van der Waals surface area contributed by atoms with Gasteiger partial charge in [-0.2, -0.15) is 4.98 Å². The molecule has 7 nitrogen and oxygen atoms in total. The normalized spacial score (nSPS) is 26.1. The second-order valence-corrected chi connectivity index (χ2v) is 6.07. The largest absolute Gasteiger partial charge is 0.379 e. The minimum atomic E-state index is -3.15. The van der Waals surface area contributed by atoms with Crippen LogP contribution in [0.5, 0.6) is 0 Å². The highest BCUT2D eigenvalue weighted by atomic mass is 32.2. The Morgan fingerprint density at radius 1 is 1.50 bits per heavy atom. The molecule has 8 heteroatoms. The molecule has 0 aliphatic carbocycles. The summed E-state index contributed by atoms with van der Waals surface area (Å²) in [5.74, 6) is 0.153. The third kappa shape index (κ3) is 2.57. The first-order valence-corrected chi connectivity index (χ1v) is 6.85. The molecule has 2 unspecified atom stereocenters. The zero-order valence-electron chi connectivity index (χ0n) is 8.79. The summed E-state index contributed by atoms with van der Waals surface area (Å²) in [5, 5.41) is 3.60. The number of rotatable bonds is 3. The molecule has 2 N–H and O–H groups in total. The Kier molecular flexibility index (Phi) is 2.96. The third-order valence-corrected chi connectivity index (χ3v) is 3.10. The first kappa shape index (κ1) is 11.5. The van der Waals surface area contributed by atoms with E-state index in [-0.39, 0.29) is 23.5 Å².